The number of anilines is 2. The molecule has 0 atom stereocenters. The second-order valence-electron chi connectivity index (χ2n) is 3.01. The summed E-state index contributed by atoms with van der Waals surface area (Å²) in [6, 6.07) is 6.49. The Morgan fingerprint density at radius 1 is 1.50 bits per heavy atom. The van der Waals surface area contributed by atoms with Gasteiger partial charge in [0.25, 0.3) is 0 Å². The molecule has 12 heavy (non-hydrogen) atoms. The number of halogens is 1. The van der Waals surface area contributed by atoms with Gasteiger partial charge in [-0.25, -0.2) is 0 Å². The van der Waals surface area contributed by atoms with Crippen LogP contribution >= 0.6 is 22.6 Å². The normalized spacial score (nSPS) is 15.3. The Morgan fingerprint density at radius 2 is 2.33 bits per heavy atom. The molecule has 3 heteroatoms. The summed E-state index contributed by atoms with van der Waals surface area (Å²) in [4.78, 5) is 2.29. The fourth-order valence-electron chi connectivity index (χ4n) is 1.45. The maximum atomic E-state index is 3.38. The highest BCUT2D eigenvalue weighted by Gasteiger charge is 2.11. The van der Waals surface area contributed by atoms with Crippen molar-refractivity contribution in [2.45, 2.75) is 0 Å². The Morgan fingerprint density at radius 3 is 3.17 bits per heavy atom. The minimum atomic E-state index is 1.05. The number of rotatable bonds is 0. The van der Waals surface area contributed by atoms with E-state index in [0.29, 0.717) is 0 Å². The monoisotopic (exact) mass is 274 g/mol. The van der Waals surface area contributed by atoms with Crippen LogP contribution in [0.15, 0.2) is 18.2 Å². The predicted octanol–water partition coefficient (Wildman–Crippen LogP) is 2.15. The topological polar surface area (TPSA) is 15.3 Å². The Bertz CT molecular complexity index is 299. The SMILES string of the molecule is CN1CCNc2ccc(I)cc21. The summed E-state index contributed by atoms with van der Waals surface area (Å²) in [5.74, 6) is 0. The van der Waals surface area contributed by atoms with E-state index in [4.69, 9.17) is 0 Å². The molecule has 1 aromatic rings. The van der Waals surface area contributed by atoms with Crippen molar-refractivity contribution >= 4 is 34.0 Å². The second-order valence-corrected chi connectivity index (χ2v) is 4.26. The molecule has 0 saturated heterocycles. The van der Waals surface area contributed by atoms with Gasteiger partial charge in [0.15, 0.2) is 0 Å². The standard InChI is InChI=1S/C9H11IN2/c1-12-5-4-11-8-3-2-7(10)6-9(8)12/h2-3,6,11H,4-5H2,1H3. The van der Waals surface area contributed by atoms with Gasteiger partial charge in [-0.1, -0.05) is 0 Å². The van der Waals surface area contributed by atoms with Crippen molar-refractivity contribution in [3.8, 4) is 0 Å². The Labute approximate surface area is 86.1 Å². The molecule has 0 unspecified atom stereocenters. The molecule has 1 aliphatic rings. The zero-order valence-electron chi connectivity index (χ0n) is 6.97. The number of nitrogens with one attached hydrogen (secondary N) is 1. The summed E-state index contributed by atoms with van der Waals surface area (Å²) in [5, 5.41) is 3.38. The van der Waals surface area contributed by atoms with Crippen molar-refractivity contribution in [1.82, 2.24) is 0 Å². The molecule has 2 nitrogen and oxygen atoms in total. The number of nitrogens with zero attached hydrogens (tertiary/aromatic N) is 1. The number of hydrogen-bond donors (Lipinski definition) is 1. The first-order valence-corrected chi connectivity index (χ1v) is 5.10. The van der Waals surface area contributed by atoms with Gasteiger partial charge in [-0.15, -0.1) is 0 Å². The summed E-state index contributed by atoms with van der Waals surface area (Å²) < 4.78 is 1.29. The van der Waals surface area contributed by atoms with Crippen molar-refractivity contribution in [2.75, 3.05) is 30.4 Å². The van der Waals surface area contributed by atoms with Crippen LogP contribution in [0.3, 0.4) is 0 Å². The lowest BCUT2D eigenvalue weighted by atomic mass is 10.2. The third kappa shape index (κ3) is 1.37. The van der Waals surface area contributed by atoms with Crippen LogP contribution in [0, 0.1) is 3.57 Å². The van der Waals surface area contributed by atoms with Gasteiger partial charge in [-0.05, 0) is 40.8 Å². The van der Waals surface area contributed by atoms with Crippen LogP contribution in [-0.4, -0.2) is 20.1 Å². The van der Waals surface area contributed by atoms with Crippen LogP contribution in [-0.2, 0) is 0 Å². The van der Waals surface area contributed by atoms with E-state index in [1.165, 1.54) is 14.9 Å². The minimum Gasteiger partial charge on any atom is -0.382 e. The largest absolute Gasteiger partial charge is 0.382 e. The van der Waals surface area contributed by atoms with Crippen molar-refractivity contribution < 1.29 is 0 Å². The average molecular weight is 274 g/mol. The third-order valence-corrected chi connectivity index (χ3v) is 2.80. The highest BCUT2D eigenvalue weighted by Crippen LogP contribution is 2.29. The van der Waals surface area contributed by atoms with Crippen molar-refractivity contribution in [2.24, 2.45) is 0 Å². The van der Waals surface area contributed by atoms with E-state index in [9.17, 15) is 0 Å². The molecule has 0 radical (unpaired) electrons. The molecule has 2 rings (SSSR count). The van der Waals surface area contributed by atoms with E-state index in [1.54, 1.807) is 0 Å². The van der Waals surface area contributed by atoms with E-state index in [-0.39, 0.29) is 0 Å². The summed E-state index contributed by atoms with van der Waals surface area (Å²) >= 11 is 2.34. The van der Waals surface area contributed by atoms with Crippen LogP contribution in [0.25, 0.3) is 0 Å². The molecule has 0 bridgehead atoms. The number of hydrogen-bond acceptors (Lipinski definition) is 2. The van der Waals surface area contributed by atoms with E-state index < -0.39 is 0 Å². The molecular weight excluding hydrogens is 263 g/mol. The Kier molecular flexibility index (Phi) is 2.12. The zero-order valence-corrected chi connectivity index (χ0v) is 9.13. The van der Waals surface area contributed by atoms with Gasteiger partial charge in [0.1, 0.15) is 0 Å². The van der Waals surface area contributed by atoms with Gasteiger partial charge >= 0.3 is 0 Å². The maximum absolute atomic E-state index is 3.38. The lowest BCUT2D eigenvalue weighted by Crippen LogP contribution is -2.30. The Hall–Kier alpha value is -0.450. The zero-order chi connectivity index (χ0) is 8.55. The van der Waals surface area contributed by atoms with Crippen LogP contribution in [0.1, 0.15) is 0 Å². The summed E-state index contributed by atoms with van der Waals surface area (Å²) in [5.41, 5.74) is 2.57. The van der Waals surface area contributed by atoms with E-state index in [0.717, 1.165) is 13.1 Å². The summed E-state index contributed by atoms with van der Waals surface area (Å²) in [6.07, 6.45) is 0. The number of fused-ring (bicyclic) bond motifs is 1. The van der Waals surface area contributed by atoms with Crippen molar-refractivity contribution in [3.63, 3.8) is 0 Å². The van der Waals surface area contributed by atoms with Gasteiger partial charge in [0.05, 0.1) is 11.4 Å². The third-order valence-electron chi connectivity index (χ3n) is 2.13. The lowest BCUT2D eigenvalue weighted by molar-refractivity contribution is 0.886. The molecule has 1 aromatic carbocycles. The van der Waals surface area contributed by atoms with Crippen LogP contribution < -0.4 is 10.2 Å². The van der Waals surface area contributed by atoms with E-state index in [1.807, 2.05) is 0 Å². The van der Waals surface area contributed by atoms with Gasteiger partial charge in [-0.3, -0.25) is 0 Å². The lowest BCUT2D eigenvalue weighted by Gasteiger charge is -2.28. The quantitative estimate of drug-likeness (QED) is 0.729. The molecule has 0 aliphatic carbocycles. The molecule has 0 saturated carbocycles. The first-order chi connectivity index (χ1) is 5.77. The van der Waals surface area contributed by atoms with E-state index in [2.05, 4.69) is 58.1 Å². The predicted molar refractivity (Wildman–Crippen MR) is 60.9 cm³/mol. The highest BCUT2D eigenvalue weighted by atomic mass is 127. The molecule has 0 amide bonds. The maximum Gasteiger partial charge on any atom is 0.0610 e. The molecule has 1 N–H and O–H groups in total. The smallest absolute Gasteiger partial charge is 0.0610 e. The summed E-state index contributed by atoms with van der Waals surface area (Å²) in [6.45, 7) is 2.14. The second kappa shape index (κ2) is 3.12. The number of benzene rings is 1. The van der Waals surface area contributed by atoms with Gasteiger partial charge < -0.3 is 10.2 Å². The Balaban J connectivity index is 2.47. The van der Waals surface area contributed by atoms with Gasteiger partial charge in [-0.2, -0.15) is 0 Å². The fourth-order valence-corrected chi connectivity index (χ4v) is 1.92. The van der Waals surface area contributed by atoms with Crippen LogP contribution in [0.5, 0.6) is 0 Å². The van der Waals surface area contributed by atoms with Crippen molar-refractivity contribution in [3.05, 3.63) is 21.8 Å². The van der Waals surface area contributed by atoms with Crippen LogP contribution in [0.4, 0.5) is 11.4 Å². The van der Waals surface area contributed by atoms with Crippen molar-refractivity contribution in [1.29, 1.82) is 0 Å². The molecule has 0 aromatic heterocycles. The molecule has 0 fully saturated rings. The van der Waals surface area contributed by atoms with Crippen LogP contribution in [0.2, 0.25) is 0 Å². The van der Waals surface area contributed by atoms with Gasteiger partial charge in [0.2, 0.25) is 0 Å². The minimum absolute atomic E-state index is 1.05. The molecular formula is C9H11IN2. The summed E-state index contributed by atoms with van der Waals surface area (Å²) in [7, 11) is 2.13. The average Bonchev–Trinajstić information content (AvgIpc) is 2.07. The number of likely N-dealkylation sites (N-methyl/N-ethyl adjacent to an activating group) is 1. The fraction of sp³-hybridized carbons (Fsp3) is 0.333. The van der Waals surface area contributed by atoms with E-state index >= 15 is 0 Å². The first-order valence-electron chi connectivity index (χ1n) is 4.02. The molecule has 64 valence electrons. The first kappa shape index (κ1) is 8.16. The molecule has 1 heterocycles. The molecule has 1 aliphatic heterocycles. The van der Waals surface area contributed by atoms with Gasteiger partial charge in [0, 0.05) is 23.7 Å². The molecule has 0 spiro atoms. The highest BCUT2D eigenvalue weighted by molar-refractivity contribution is 14.1.